The first-order valence-electron chi connectivity index (χ1n) is 9.19. The number of rotatable bonds is 4. The molecule has 4 aliphatic rings. The lowest BCUT2D eigenvalue weighted by molar-refractivity contribution is -0.135. The highest BCUT2D eigenvalue weighted by molar-refractivity contribution is 6.19. The van der Waals surface area contributed by atoms with Crippen LogP contribution in [0.4, 0.5) is 8.78 Å². The molecule has 4 rings (SSSR count). The molecule has 10 heteroatoms. The van der Waals surface area contributed by atoms with Crippen molar-refractivity contribution in [2.24, 2.45) is 11.7 Å². The van der Waals surface area contributed by atoms with E-state index in [4.69, 9.17) is 10.5 Å². The molecule has 4 N–H and O–H groups in total. The third kappa shape index (κ3) is 2.55. The molecule has 0 radical (unpaired) electrons. The molecular weight excluding hydrogens is 374 g/mol. The van der Waals surface area contributed by atoms with Gasteiger partial charge in [-0.15, -0.1) is 0 Å². The van der Waals surface area contributed by atoms with E-state index >= 15 is 8.78 Å². The molecule has 2 unspecified atom stereocenters. The van der Waals surface area contributed by atoms with Gasteiger partial charge in [0.2, 0.25) is 0 Å². The van der Waals surface area contributed by atoms with Gasteiger partial charge in [-0.2, -0.15) is 0 Å². The first-order chi connectivity index (χ1) is 13.3. The lowest BCUT2D eigenvalue weighted by Crippen LogP contribution is -2.59. The molecule has 2 atom stereocenters. The van der Waals surface area contributed by atoms with E-state index in [9.17, 15) is 14.7 Å². The minimum Gasteiger partial charge on any atom is -0.494 e. The lowest BCUT2D eigenvalue weighted by atomic mass is 9.80. The molecule has 0 aromatic heterocycles. The van der Waals surface area contributed by atoms with Gasteiger partial charge in [0, 0.05) is 38.4 Å². The van der Waals surface area contributed by atoms with Crippen LogP contribution in [0.15, 0.2) is 34.8 Å². The van der Waals surface area contributed by atoms with Crippen LogP contribution in [-0.2, 0) is 14.3 Å². The van der Waals surface area contributed by atoms with Crippen molar-refractivity contribution in [3.8, 4) is 0 Å². The van der Waals surface area contributed by atoms with Crippen molar-refractivity contribution in [2.45, 2.75) is 24.7 Å². The third-order valence-electron chi connectivity index (χ3n) is 5.66. The normalized spacial score (nSPS) is 31.7. The van der Waals surface area contributed by atoms with Crippen LogP contribution in [0, 0.1) is 5.92 Å². The molecule has 0 aromatic carbocycles. The number of carbonyl (C=O) groups excluding carboxylic acids is 1. The van der Waals surface area contributed by atoms with Gasteiger partial charge in [-0.3, -0.25) is 9.69 Å². The summed E-state index contributed by atoms with van der Waals surface area (Å²) in [5, 5.41) is 12.5. The first-order valence-corrected chi connectivity index (χ1v) is 9.19. The number of nitrogens with zero attached hydrogens (tertiary/aromatic N) is 2. The van der Waals surface area contributed by atoms with E-state index in [-0.39, 0.29) is 30.6 Å². The topological polar surface area (TPSA) is 108 Å². The van der Waals surface area contributed by atoms with Crippen molar-refractivity contribution in [1.29, 1.82) is 0 Å². The molecule has 0 aromatic rings. The maximum absolute atomic E-state index is 16.3. The summed E-state index contributed by atoms with van der Waals surface area (Å²) >= 11 is 0. The Bertz CT molecular complexity index is 829. The van der Waals surface area contributed by atoms with Crippen molar-refractivity contribution >= 4 is 11.8 Å². The quantitative estimate of drug-likeness (QED) is 0.457. The Labute approximate surface area is 160 Å². The van der Waals surface area contributed by atoms with Crippen LogP contribution in [-0.4, -0.2) is 71.8 Å². The van der Waals surface area contributed by atoms with Gasteiger partial charge in [0.1, 0.15) is 11.5 Å². The van der Waals surface area contributed by atoms with Crippen molar-refractivity contribution < 1.29 is 28.2 Å². The molecule has 1 saturated carbocycles. The van der Waals surface area contributed by atoms with Gasteiger partial charge in [-0.05, 0) is 12.8 Å². The zero-order chi connectivity index (χ0) is 20.2. The average molecular weight is 396 g/mol. The van der Waals surface area contributed by atoms with E-state index in [0.717, 1.165) is 12.8 Å². The highest BCUT2D eigenvalue weighted by Crippen LogP contribution is 2.50. The number of methoxy groups -OCH3 is 1. The standard InChI is InChI=1S/C18H22F2N4O4/c1-28-16-13-11(14(25)10(17(26)27)8-24(13)9-2-3-9)12(21)15(19)18(16,20)23-6-4-22-5-7-23/h8-9,11,22H,2-7,21H2,1H3,(H,26,27). The molecule has 0 bridgehead atoms. The number of hydrogen-bond acceptors (Lipinski definition) is 7. The fraction of sp³-hybridized carbons (Fsp3) is 0.556. The van der Waals surface area contributed by atoms with Gasteiger partial charge >= 0.3 is 5.97 Å². The second-order valence-electron chi connectivity index (χ2n) is 7.33. The lowest BCUT2D eigenvalue weighted by Gasteiger charge is -2.46. The number of nitrogens with two attached hydrogens (primary N) is 1. The summed E-state index contributed by atoms with van der Waals surface area (Å²) in [5.74, 6) is -8.11. The number of carboxylic acids is 1. The fourth-order valence-electron chi connectivity index (χ4n) is 4.14. The predicted molar refractivity (Wildman–Crippen MR) is 93.7 cm³/mol. The van der Waals surface area contributed by atoms with Gasteiger partial charge in [0.25, 0.3) is 5.79 Å². The third-order valence-corrected chi connectivity index (χ3v) is 5.66. The first kappa shape index (κ1) is 18.9. The molecule has 2 fully saturated rings. The molecule has 2 aliphatic carbocycles. The largest absolute Gasteiger partial charge is 0.494 e. The minimum atomic E-state index is -2.74. The number of nitrogens with one attached hydrogen (secondary N) is 1. The van der Waals surface area contributed by atoms with Crippen LogP contribution >= 0.6 is 0 Å². The molecular formula is C18H22F2N4O4. The summed E-state index contributed by atoms with van der Waals surface area (Å²) < 4.78 is 37.0. The molecule has 1 saturated heterocycles. The maximum atomic E-state index is 16.3. The van der Waals surface area contributed by atoms with E-state index in [0.29, 0.717) is 13.1 Å². The number of Topliss-reactive ketones (excluding diaryl/α,β-unsaturated/α-hetero) is 1. The summed E-state index contributed by atoms with van der Waals surface area (Å²) in [6.45, 7) is 1.36. The molecule has 2 aliphatic heterocycles. The zero-order valence-corrected chi connectivity index (χ0v) is 15.4. The van der Waals surface area contributed by atoms with Gasteiger partial charge in [0.05, 0.1) is 18.5 Å². The van der Waals surface area contributed by atoms with E-state index in [1.54, 1.807) is 0 Å². The van der Waals surface area contributed by atoms with Crippen LogP contribution in [0.25, 0.3) is 0 Å². The molecule has 28 heavy (non-hydrogen) atoms. The fourth-order valence-corrected chi connectivity index (χ4v) is 4.14. The average Bonchev–Trinajstić information content (AvgIpc) is 3.52. The highest BCUT2D eigenvalue weighted by atomic mass is 19.2. The van der Waals surface area contributed by atoms with Crippen LogP contribution in [0.2, 0.25) is 0 Å². The Morgan fingerprint density at radius 3 is 2.57 bits per heavy atom. The minimum absolute atomic E-state index is 0.0972. The van der Waals surface area contributed by atoms with Gasteiger partial charge < -0.3 is 25.8 Å². The SMILES string of the molecule is COC1=C2C(C(=O)C(C(=O)O)=CN2C2CC2)C(N)=C(F)C1(F)N1CCNCC1. The summed E-state index contributed by atoms with van der Waals surface area (Å²) in [7, 11) is 1.22. The number of halogens is 2. The molecule has 0 spiro atoms. The summed E-state index contributed by atoms with van der Waals surface area (Å²) in [6.07, 6.45) is 2.68. The molecule has 152 valence electrons. The Morgan fingerprint density at radius 2 is 2.04 bits per heavy atom. The highest BCUT2D eigenvalue weighted by Gasteiger charge is 2.59. The van der Waals surface area contributed by atoms with E-state index in [2.05, 4.69) is 5.32 Å². The number of ether oxygens (including phenoxy) is 1. The molecule has 0 amide bonds. The monoisotopic (exact) mass is 396 g/mol. The number of ketones is 1. The van der Waals surface area contributed by atoms with Crippen LogP contribution in [0.5, 0.6) is 0 Å². The van der Waals surface area contributed by atoms with Crippen LogP contribution in [0.1, 0.15) is 12.8 Å². The van der Waals surface area contributed by atoms with Crippen molar-refractivity contribution in [2.75, 3.05) is 33.3 Å². The summed E-state index contributed by atoms with van der Waals surface area (Å²) in [4.78, 5) is 27.2. The Hall–Kier alpha value is -2.46. The van der Waals surface area contributed by atoms with Crippen LogP contribution < -0.4 is 11.1 Å². The number of alkyl halides is 1. The molecule has 8 nitrogen and oxygen atoms in total. The van der Waals surface area contributed by atoms with E-state index in [1.165, 1.54) is 23.1 Å². The van der Waals surface area contributed by atoms with Gasteiger partial charge in [0.15, 0.2) is 17.4 Å². The maximum Gasteiger partial charge on any atom is 0.340 e. The number of aliphatic carboxylic acids is 1. The Balaban J connectivity index is 1.93. The summed E-state index contributed by atoms with van der Waals surface area (Å²) in [6, 6.07) is -0.105. The predicted octanol–water partition coefficient (Wildman–Crippen LogP) is 0.201. The van der Waals surface area contributed by atoms with E-state index < -0.39 is 40.6 Å². The number of carboxylic acid groups (broad SMARTS) is 1. The number of fused-ring (bicyclic) bond motifs is 1. The van der Waals surface area contributed by atoms with Crippen molar-refractivity contribution in [3.05, 3.63) is 34.8 Å². The number of hydrogen-bond donors (Lipinski definition) is 3. The second kappa shape index (κ2) is 6.56. The molecule has 2 heterocycles. The second-order valence-corrected chi connectivity index (χ2v) is 7.33. The zero-order valence-electron chi connectivity index (χ0n) is 15.4. The summed E-state index contributed by atoms with van der Waals surface area (Å²) in [5.41, 5.74) is 4.93. The van der Waals surface area contributed by atoms with E-state index in [1.807, 2.05) is 0 Å². The van der Waals surface area contributed by atoms with Crippen LogP contribution in [0.3, 0.4) is 0 Å². The Morgan fingerprint density at radius 1 is 1.39 bits per heavy atom. The number of carbonyl (C=O) groups is 2. The van der Waals surface area contributed by atoms with Crippen molar-refractivity contribution in [3.63, 3.8) is 0 Å². The number of piperazine rings is 1. The smallest absolute Gasteiger partial charge is 0.340 e. The van der Waals surface area contributed by atoms with Gasteiger partial charge in [-0.1, -0.05) is 0 Å². The van der Waals surface area contributed by atoms with Gasteiger partial charge in [-0.25, -0.2) is 13.6 Å². The Kier molecular flexibility index (Phi) is 4.42. The van der Waals surface area contributed by atoms with Crippen molar-refractivity contribution in [1.82, 2.24) is 15.1 Å².